The number of hydrogen-bond acceptors (Lipinski definition) is 3. The number of aryl methyl sites for hydroxylation is 2. The molecule has 0 amide bonds. The van der Waals surface area contributed by atoms with Crippen molar-refractivity contribution in [2.24, 2.45) is 0 Å². The van der Waals surface area contributed by atoms with Gasteiger partial charge in [-0.25, -0.2) is 4.98 Å². The predicted octanol–water partition coefficient (Wildman–Crippen LogP) is 2.04. The third kappa shape index (κ3) is 2.73. The monoisotopic (exact) mass is 246 g/mol. The van der Waals surface area contributed by atoms with Crippen LogP contribution < -0.4 is 5.32 Å². The summed E-state index contributed by atoms with van der Waals surface area (Å²) in [6, 6.07) is 2.33. The molecular formula is C14H22N4. The molecule has 1 aliphatic rings. The van der Waals surface area contributed by atoms with Gasteiger partial charge in [0.15, 0.2) is 0 Å². The van der Waals surface area contributed by atoms with Crippen molar-refractivity contribution in [2.75, 3.05) is 7.05 Å². The van der Waals surface area contributed by atoms with Crippen molar-refractivity contribution in [3.63, 3.8) is 0 Å². The first-order valence-corrected chi connectivity index (χ1v) is 6.81. The van der Waals surface area contributed by atoms with E-state index in [1.807, 2.05) is 20.3 Å². The van der Waals surface area contributed by atoms with E-state index in [0.717, 1.165) is 32.2 Å². The summed E-state index contributed by atoms with van der Waals surface area (Å²) in [6.45, 7) is 2.93. The zero-order chi connectivity index (χ0) is 13.0. The van der Waals surface area contributed by atoms with Crippen LogP contribution >= 0.6 is 0 Å². The summed E-state index contributed by atoms with van der Waals surface area (Å²) >= 11 is 0. The minimum absolute atomic E-state index is 0.402. The summed E-state index contributed by atoms with van der Waals surface area (Å²) in [6.07, 6.45) is 8.70. The average molecular weight is 246 g/mol. The molecule has 4 heteroatoms. The second-order valence-electron chi connectivity index (χ2n) is 5.34. The number of imidazole rings is 1. The Hall–Kier alpha value is -1.34. The number of aromatic nitrogens is 2. The topological polar surface area (TPSA) is 53.6 Å². The van der Waals surface area contributed by atoms with Gasteiger partial charge in [-0.1, -0.05) is 0 Å². The Labute approximate surface area is 109 Å². The smallest absolute Gasteiger partial charge is 0.103 e. The minimum atomic E-state index is -0.402. The molecule has 0 spiro atoms. The van der Waals surface area contributed by atoms with Gasteiger partial charge in [0.1, 0.15) is 5.54 Å². The lowest BCUT2D eigenvalue weighted by Crippen LogP contribution is -2.38. The Balaban J connectivity index is 1.91. The standard InChI is InChI=1S/C14H22N4/c1-14(10-15,16-2)8-5-9-18-11-17-12-6-3-4-7-13(12)18/h11,16H,3-9H2,1-2H3. The average Bonchev–Trinajstić information content (AvgIpc) is 2.82. The van der Waals surface area contributed by atoms with E-state index in [1.54, 1.807) is 0 Å². The van der Waals surface area contributed by atoms with Gasteiger partial charge in [0.05, 0.1) is 18.1 Å². The molecule has 0 saturated heterocycles. The Morgan fingerprint density at radius 3 is 3.00 bits per heavy atom. The molecule has 98 valence electrons. The van der Waals surface area contributed by atoms with Crippen molar-refractivity contribution in [3.8, 4) is 6.07 Å². The van der Waals surface area contributed by atoms with E-state index in [-0.39, 0.29) is 0 Å². The lowest BCUT2D eigenvalue weighted by Gasteiger charge is -2.21. The van der Waals surface area contributed by atoms with Crippen molar-refractivity contribution < 1.29 is 0 Å². The molecule has 0 saturated carbocycles. The Bertz CT molecular complexity index is 443. The van der Waals surface area contributed by atoms with Gasteiger partial charge in [-0.3, -0.25) is 0 Å². The molecule has 1 heterocycles. The van der Waals surface area contributed by atoms with Crippen LogP contribution in [0.25, 0.3) is 0 Å². The highest BCUT2D eigenvalue weighted by Crippen LogP contribution is 2.21. The van der Waals surface area contributed by atoms with Gasteiger partial charge in [-0.2, -0.15) is 5.26 Å². The predicted molar refractivity (Wildman–Crippen MR) is 71.2 cm³/mol. The maximum absolute atomic E-state index is 9.10. The fourth-order valence-corrected chi connectivity index (χ4v) is 2.56. The fourth-order valence-electron chi connectivity index (χ4n) is 2.56. The molecule has 4 nitrogen and oxygen atoms in total. The van der Waals surface area contributed by atoms with E-state index in [4.69, 9.17) is 5.26 Å². The third-order valence-electron chi connectivity index (χ3n) is 3.98. The van der Waals surface area contributed by atoms with Crippen LogP contribution in [-0.4, -0.2) is 22.1 Å². The lowest BCUT2D eigenvalue weighted by molar-refractivity contribution is 0.420. The van der Waals surface area contributed by atoms with Crippen LogP contribution in [0.2, 0.25) is 0 Å². The Morgan fingerprint density at radius 2 is 2.28 bits per heavy atom. The molecule has 18 heavy (non-hydrogen) atoms. The Morgan fingerprint density at radius 1 is 1.50 bits per heavy atom. The van der Waals surface area contributed by atoms with E-state index in [0.29, 0.717) is 0 Å². The van der Waals surface area contributed by atoms with Gasteiger partial charge >= 0.3 is 0 Å². The van der Waals surface area contributed by atoms with E-state index in [9.17, 15) is 0 Å². The van der Waals surface area contributed by atoms with E-state index in [2.05, 4.69) is 20.9 Å². The molecule has 1 aliphatic carbocycles. The highest BCUT2D eigenvalue weighted by Gasteiger charge is 2.21. The van der Waals surface area contributed by atoms with Crippen molar-refractivity contribution in [3.05, 3.63) is 17.7 Å². The van der Waals surface area contributed by atoms with Gasteiger partial charge < -0.3 is 9.88 Å². The maximum Gasteiger partial charge on any atom is 0.103 e. The summed E-state index contributed by atoms with van der Waals surface area (Å²) in [5.74, 6) is 0. The van der Waals surface area contributed by atoms with Crippen LogP contribution in [0.3, 0.4) is 0 Å². The molecule has 0 aliphatic heterocycles. The third-order valence-corrected chi connectivity index (χ3v) is 3.98. The molecule has 0 aromatic carbocycles. The van der Waals surface area contributed by atoms with Crippen molar-refractivity contribution in [1.82, 2.24) is 14.9 Å². The highest BCUT2D eigenvalue weighted by atomic mass is 15.1. The largest absolute Gasteiger partial charge is 0.334 e. The Kier molecular flexibility index (Phi) is 4.03. The molecular weight excluding hydrogens is 224 g/mol. The van der Waals surface area contributed by atoms with E-state index < -0.39 is 5.54 Å². The molecule has 1 atom stereocenters. The van der Waals surface area contributed by atoms with Crippen LogP contribution in [0.1, 0.15) is 44.0 Å². The fraction of sp³-hybridized carbons (Fsp3) is 0.714. The lowest BCUT2D eigenvalue weighted by atomic mass is 9.97. The maximum atomic E-state index is 9.10. The normalized spacial score (nSPS) is 17.8. The summed E-state index contributed by atoms with van der Waals surface area (Å²) < 4.78 is 2.28. The molecule has 1 N–H and O–H groups in total. The van der Waals surface area contributed by atoms with Crippen LogP contribution in [-0.2, 0) is 19.4 Å². The summed E-state index contributed by atoms with van der Waals surface area (Å²) in [5, 5.41) is 12.2. The van der Waals surface area contributed by atoms with Gasteiger partial charge in [0.25, 0.3) is 0 Å². The van der Waals surface area contributed by atoms with Gasteiger partial charge in [0, 0.05) is 12.2 Å². The number of fused-ring (bicyclic) bond motifs is 1. The van der Waals surface area contributed by atoms with Crippen LogP contribution in [0.15, 0.2) is 6.33 Å². The zero-order valence-electron chi connectivity index (χ0n) is 11.4. The first-order chi connectivity index (χ1) is 8.68. The molecule has 2 rings (SSSR count). The van der Waals surface area contributed by atoms with Crippen LogP contribution in [0, 0.1) is 11.3 Å². The highest BCUT2D eigenvalue weighted by molar-refractivity contribution is 5.16. The first kappa shape index (κ1) is 13.1. The second kappa shape index (κ2) is 5.53. The van der Waals surface area contributed by atoms with Crippen molar-refractivity contribution in [2.45, 2.75) is 57.5 Å². The SMILES string of the molecule is CNC(C)(C#N)CCCn1cnc2c1CCCC2. The number of nitriles is 1. The number of rotatable bonds is 5. The molecule has 0 bridgehead atoms. The minimum Gasteiger partial charge on any atom is -0.334 e. The van der Waals surface area contributed by atoms with Gasteiger partial charge in [-0.15, -0.1) is 0 Å². The van der Waals surface area contributed by atoms with Gasteiger partial charge in [-0.05, 0) is 52.5 Å². The van der Waals surface area contributed by atoms with E-state index >= 15 is 0 Å². The molecule has 1 aromatic heterocycles. The van der Waals surface area contributed by atoms with Crippen molar-refractivity contribution in [1.29, 1.82) is 5.26 Å². The van der Waals surface area contributed by atoms with Crippen LogP contribution in [0.5, 0.6) is 0 Å². The quantitative estimate of drug-likeness (QED) is 0.865. The van der Waals surface area contributed by atoms with E-state index in [1.165, 1.54) is 24.2 Å². The number of hydrogen-bond donors (Lipinski definition) is 1. The zero-order valence-corrected chi connectivity index (χ0v) is 11.4. The first-order valence-electron chi connectivity index (χ1n) is 6.81. The summed E-state index contributed by atoms with van der Waals surface area (Å²) in [5.41, 5.74) is 2.31. The number of nitrogens with one attached hydrogen (secondary N) is 1. The molecule has 1 unspecified atom stereocenters. The summed E-state index contributed by atoms with van der Waals surface area (Å²) in [7, 11) is 1.85. The molecule has 0 radical (unpaired) electrons. The van der Waals surface area contributed by atoms with Gasteiger partial charge in [0.2, 0.25) is 0 Å². The summed E-state index contributed by atoms with van der Waals surface area (Å²) in [4.78, 5) is 4.49. The second-order valence-corrected chi connectivity index (χ2v) is 5.34. The molecule has 0 fully saturated rings. The van der Waals surface area contributed by atoms with Crippen molar-refractivity contribution >= 4 is 0 Å². The van der Waals surface area contributed by atoms with Crippen LogP contribution in [0.4, 0.5) is 0 Å². The molecule has 1 aromatic rings. The number of nitrogens with zero attached hydrogens (tertiary/aromatic N) is 3.